The number of rotatable bonds is 5. The summed E-state index contributed by atoms with van der Waals surface area (Å²) in [4.78, 5) is 12.0. The van der Waals surface area contributed by atoms with Crippen LogP contribution in [0.1, 0.15) is 38.3 Å². The van der Waals surface area contributed by atoms with Gasteiger partial charge in [0.1, 0.15) is 5.01 Å². The maximum absolute atomic E-state index is 12.0. The number of carbonyl (C=O) groups is 1. The summed E-state index contributed by atoms with van der Waals surface area (Å²) in [6.45, 7) is 7.81. The van der Waals surface area contributed by atoms with Crippen molar-refractivity contribution < 1.29 is 4.79 Å². The van der Waals surface area contributed by atoms with Crippen LogP contribution in [0.2, 0.25) is 0 Å². The number of amides is 1. The molecule has 3 N–H and O–H groups in total. The van der Waals surface area contributed by atoms with E-state index in [1.54, 1.807) is 6.92 Å². The summed E-state index contributed by atoms with van der Waals surface area (Å²) in [5, 5.41) is 12.5. The Balaban J connectivity index is 2.16. The van der Waals surface area contributed by atoms with Gasteiger partial charge in [0, 0.05) is 11.5 Å². The maximum Gasteiger partial charge on any atom is 0.230 e. The molecule has 1 aromatic carbocycles. The number of nitrogens with two attached hydrogens (primary N) is 1. The van der Waals surface area contributed by atoms with Crippen molar-refractivity contribution in [3.8, 4) is 0 Å². The molecule has 2 atom stereocenters. The fraction of sp³-hybridized carbons (Fsp3) is 0.438. The number of hydrogen-bond acceptors (Lipinski definition) is 5. The summed E-state index contributed by atoms with van der Waals surface area (Å²) in [6.07, 6.45) is 0. The lowest BCUT2D eigenvalue weighted by atomic mass is 9.85. The number of benzene rings is 1. The Bertz CT molecular complexity index is 637. The van der Waals surface area contributed by atoms with Crippen LogP contribution in [-0.4, -0.2) is 22.1 Å². The smallest absolute Gasteiger partial charge is 0.230 e. The minimum atomic E-state index is -0.269. The highest BCUT2D eigenvalue weighted by atomic mass is 32.1. The van der Waals surface area contributed by atoms with E-state index in [-0.39, 0.29) is 23.3 Å². The zero-order valence-electron chi connectivity index (χ0n) is 13.3. The Hall–Kier alpha value is -1.79. The van der Waals surface area contributed by atoms with Gasteiger partial charge in [-0.05, 0) is 26.3 Å². The van der Waals surface area contributed by atoms with Crippen molar-refractivity contribution in [3.05, 3.63) is 40.9 Å². The third-order valence-corrected chi connectivity index (χ3v) is 5.05. The molecule has 118 valence electrons. The van der Waals surface area contributed by atoms with Crippen LogP contribution in [0.4, 0.5) is 5.13 Å². The third kappa shape index (κ3) is 3.51. The van der Waals surface area contributed by atoms with Crippen LogP contribution >= 0.6 is 11.3 Å². The molecular weight excluding hydrogens is 296 g/mol. The average Bonchev–Trinajstić information content (AvgIpc) is 2.96. The topological polar surface area (TPSA) is 80.9 Å². The predicted octanol–water partition coefficient (Wildman–Crippen LogP) is 2.79. The van der Waals surface area contributed by atoms with Crippen LogP contribution < -0.4 is 11.1 Å². The van der Waals surface area contributed by atoms with E-state index in [9.17, 15) is 4.79 Å². The summed E-state index contributed by atoms with van der Waals surface area (Å²) in [5.74, 6) is -0.398. The van der Waals surface area contributed by atoms with Gasteiger partial charge in [-0.1, -0.05) is 48.6 Å². The molecule has 0 radical (unpaired) electrons. The molecule has 0 bridgehead atoms. The van der Waals surface area contributed by atoms with Gasteiger partial charge in [-0.2, -0.15) is 0 Å². The molecule has 0 fully saturated rings. The number of carbonyl (C=O) groups excluding carboxylic acids is 1. The minimum absolute atomic E-state index is 0.129. The first kappa shape index (κ1) is 16.6. The lowest BCUT2D eigenvalue weighted by molar-refractivity contribution is -0.119. The van der Waals surface area contributed by atoms with E-state index in [1.165, 1.54) is 11.3 Å². The van der Waals surface area contributed by atoms with Gasteiger partial charge in [0.15, 0.2) is 0 Å². The lowest BCUT2D eigenvalue weighted by Gasteiger charge is -2.21. The number of aromatic nitrogens is 2. The van der Waals surface area contributed by atoms with Gasteiger partial charge in [0.05, 0.1) is 5.92 Å². The van der Waals surface area contributed by atoms with Crippen LogP contribution in [0.5, 0.6) is 0 Å². The van der Waals surface area contributed by atoms with Crippen LogP contribution in [-0.2, 0) is 10.2 Å². The van der Waals surface area contributed by atoms with E-state index >= 15 is 0 Å². The van der Waals surface area contributed by atoms with Crippen LogP contribution in [0.25, 0.3) is 0 Å². The second-order valence-corrected chi connectivity index (χ2v) is 7.02. The Morgan fingerprint density at radius 3 is 2.45 bits per heavy atom. The van der Waals surface area contributed by atoms with Crippen LogP contribution in [0.15, 0.2) is 30.3 Å². The van der Waals surface area contributed by atoms with Gasteiger partial charge in [-0.15, -0.1) is 10.2 Å². The van der Waals surface area contributed by atoms with E-state index in [0.717, 1.165) is 10.6 Å². The van der Waals surface area contributed by atoms with Gasteiger partial charge in [0.2, 0.25) is 11.0 Å². The Labute approximate surface area is 135 Å². The first-order valence-electron chi connectivity index (χ1n) is 7.28. The molecule has 0 aliphatic rings. The molecule has 0 saturated heterocycles. The van der Waals surface area contributed by atoms with Crippen LogP contribution in [0.3, 0.4) is 0 Å². The highest BCUT2D eigenvalue weighted by Crippen LogP contribution is 2.34. The predicted molar refractivity (Wildman–Crippen MR) is 89.9 cm³/mol. The molecule has 1 aromatic heterocycles. The van der Waals surface area contributed by atoms with Crippen LogP contribution in [0, 0.1) is 5.92 Å². The molecule has 2 unspecified atom stereocenters. The molecule has 1 heterocycles. The lowest BCUT2D eigenvalue weighted by Crippen LogP contribution is -2.34. The van der Waals surface area contributed by atoms with Crippen molar-refractivity contribution in [1.29, 1.82) is 0 Å². The van der Waals surface area contributed by atoms with Gasteiger partial charge in [-0.25, -0.2) is 0 Å². The van der Waals surface area contributed by atoms with E-state index in [4.69, 9.17) is 5.73 Å². The summed E-state index contributed by atoms with van der Waals surface area (Å²) >= 11 is 1.40. The Morgan fingerprint density at radius 2 is 1.86 bits per heavy atom. The first-order chi connectivity index (χ1) is 10.3. The molecule has 0 aliphatic heterocycles. The normalized spacial score (nSPS) is 14.4. The molecule has 22 heavy (non-hydrogen) atoms. The van der Waals surface area contributed by atoms with Gasteiger partial charge in [0.25, 0.3) is 0 Å². The summed E-state index contributed by atoms with van der Waals surface area (Å²) in [6, 6.07) is 9.93. The molecule has 2 aromatic rings. The molecule has 2 rings (SSSR count). The summed E-state index contributed by atoms with van der Waals surface area (Å²) < 4.78 is 0. The quantitative estimate of drug-likeness (QED) is 0.888. The second-order valence-electron chi connectivity index (χ2n) is 6.04. The largest absolute Gasteiger partial charge is 0.327 e. The molecule has 0 saturated carbocycles. The first-order valence-corrected chi connectivity index (χ1v) is 8.10. The molecular formula is C16H22N4OS. The highest BCUT2D eigenvalue weighted by molar-refractivity contribution is 7.15. The minimum Gasteiger partial charge on any atom is -0.327 e. The number of nitrogens with one attached hydrogen (secondary N) is 1. The molecule has 1 amide bonds. The third-order valence-electron chi connectivity index (χ3n) is 3.89. The van der Waals surface area contributed by atoms with Gasteiger partial charge >= 0.3 is 0 Å². The standard InChI is InChI=1S/C16H22N4OS/c1-10(11(2)17)13(21)18-15-20-19-14(22-15)16(3,4)12-8-6-5-7-9-12/h5-11H,17H2,1-4H3,(H,18,20,21). The van der Waals surface area contributed by atoms with Crippen molar-refractivity contribution in [2.24, 2.45) is 11.7 Å². The number of anilines is 1. The maximum atomic E-state index is 12.0. The molecule has 5 nitrogen and oxygen atoms in total. The van der Waals surface area contributed by atoms with Crippen molar-refractivity contribution in [1.82, 2.24) is 10.2 Å². The SMILES string of the molecule is CC(N)C(C)C(=O)Nc1nnc(C(C)(C)c2ccccc2)s1. The van der Waals surface area contributed by atoms with E-state index in [2.05, 4.69) is 41.5 Å². The van der Waals surface area contributed by atoms with Gasteiger partial charge < -0.3 is 11.1 Å². The summed E-state index contributed by atoms with van der Waals surface area (Å²) in [7, 11) is 0. The van der Waals surface area contributed by atoms with E-state index < -0.39 is 0 Å². The fourth-order valence-corrected chi connectivity index (χ4v) is 2.83. The van der Waals surface area contributed by atoms with Crippen molar-refractivity contribution in [2.45, 2.75) is 39.2 Å². The number of nitrogens with zero attached hydrogens (tertiary/aromatic N) is 2. The molecule has 0 aliphatic carbocycles. The summed E-state index contributed by atoms with van der Waals surface area (Å²) in [5.41, 5.74) is 6.65. The monoisotopic (exact) mass is 318 g/mol. The number of hydrogen-bond donors (Lipinski definition) is 2. The fourth-order valence-electron chi connectivity index (χ4n) is 1.96. The zero-order valence-corrected chi connectivity index (χ0v) is 14.1. The average molecular weight is 318 g/mol. The van der Waals surface area contributed by atoms with Crippen molar-refractivity contribution in [2.75, 3.05) is 5.32 Å². The van der Waals surface area contributed by atoms with Crippen molar-refractivity contribution >= 4 is 22.4 Å². The molecule has 6 heteroatoms. The Kier molecular flexibility index (Phi) is 4.93. The highest BCUT2D eigenvalue weighted by Gasteiger charge is 2.28. The van der Waals surface area contributed by atoms with Crippen molar-refractivity contribution in [3.63, 3.8) is 0 Å². The molecule has 0 spiro atoms. The zero-order chi connectivity index (χ0) is 16.3. The second kappa shape index (κ2) is 6.54. The Morgan fingerprint density at radius 1 is 1.23 bits per heavy atom. The van der Waals surface area contributed by atoms with E-state index in [0.29, 0.717) is 5.13 Å². The van der Waals surface area contributed by atoms with E-state index in [1.807, 2.05) is 25.1 Å². The van der Waals surface area contributed by atoms with Gasteiger partial charge in [-0.3, -0.25) is 4.79 Å².